The molecule has 1 rings (SSSR count). The van der Waals surface area contributed by atoms with Crippen molar-refractivity contribution in [2.24, 2.45) is 5.73 Å². The van der Waals surface area contributed by atoms with E-state index >= 15 is 0 Å². The van der Waals surface area contributed by atoms with Gasteiger partial charge >= 0.3 is 0 Å². The molecule has 1 aromatic carbocycles. The van der Waals surface area contributed by atoms with Crippen LogP contribution < -0.4 is 10.5 Å². The lowest BCUT2D eigenvalue weighted by Gasteiger charge is -2.13. The zero-order valence-electron chi connectivity index (χ0n) is 11.4. The number of nitrogens with two attached hydrogens (primary N) is 1. The first-order valence-electron chi connectivity index (χ1n) is 6.42. The standard InChI is InChI=1S/C14H23NO4/c1-17-8-9-18-10-13(16)11-19-14-4-2-12(3-5-14)6-7-15/h2-5,13,16H,6-11,15H2,1H3. The van der Waals surface area contributed by atoms with E-state index in [-0.39, 0.29) is 13.2 Å². The summed E-state index contributed by atoms with van der Waals surface area (Å²) in [5, 5.41) is 9.64. The summed E-state index contributed by atoms with van der Waals surface area (Å²) in [5.41, 5.74) is 6.66. The molecule has 0 heterocycles. The maximum Gasteiger partial charge on any atom is 0.119 e. The minimum atomic E-state index is -0.638. The third kappa shape index (κ3) is 7.12. The lowest BCUT2D eigenvalue weighted by molar-refractivity contribution is -0.00419. The molecule has 108 valence electrons. The average molecular weight is 269 g/mol. The summed E-state index contributed by atoms with van der Waals surface area (Å²) < 4.78 is 15.5. The van der Waals surface area contributed by atoms with Crippen molar-refractivity contribution < 1.29 is 19.3 Å². The van der Waals surface area contributed by atoms with Gasteiger partial charge in [-0.05, 0) is 30.7 Å². The fourth-order valence-corrected chi connectivity index (χ4v) is 1.52. The molecule has 0 aliphatic carbocycles. The number of aliphatic hydroxyl groups excluding tert-OH is 1. The third-order valence-corrected chi connectivity index (χ3v) is 2.54. The molecule has 0 bridgehead atoms. The number of hydrogen-bond acceptors (Lipinski definition) is 5. The summed E-state index contributed by atoms with van der Waals surface area (Å²) in [5.74, 6) is 0.733. The van der Waals surface area contributed by atoms with Crippen molar-refractivity contribution in [3.8, 4) is 5.75 Å². The molecule has 0 aliphatic rings. The Morgan fingerprint density at radius 3 is 2.53 bits per heavy atom. The predicted molar refractivity (Wildman–Crippen MR) is 73.4 cm³/mol. The van der Waals surface area contributed by atoms with E-state index < -0.39 is 6.10 Å². The van der Waals surface area contributed by atoms with Gasteiger partial charge in [0.25, 0.3) is 0 Å². The molecule has 0 spiro atoms. The summed E-state index contributed by atoms with van der Waals surface area (Å²) in [6.45, 7) is 2.09. The van der Waals surface area contributed by atoms with Gasteiger partial charge in [0.15, 0.2) is 0 Å². The highest BCUT2D eigenvalue weighted by Crippen LogP contribution is 2.12. The van der Waals surface area contributed by atoms with Gasteiger partial charge in [0, 0.05) is 7.11 Å². The van der Waals surface area contributed by atoms with Crippen LogP contribution in [0.4, 0.5) is 0 Å². The monoisotopic (exact) mass is 269 g/mol. The fraction of sp³-hybridized carbons (Fsp3) is 0.571. The number of hydrogen-bond donors (Lipinski definition) is 2. The fourth-order valence-electron chi connectivity index (χ4n) is 1.52. The van der Waals surface area contributed by atoms with Crippen LogP contribution in [0, 0.1) is 0 Å². The van der Waals surface area contributed by atoms with Crippen LogP contribution in [0.5, 0.6) is 5.75 Å². The molecule has 0 amide bonds. The van der Waals surface area contributed by atoms with Gasteiger partial charge in [-0.25, -0.2) is 0 Å². The molecule has 0 saturated heterocycles. The van der Waals surface area contributed by atoms with Gasteiger partial charge in [0.05, 0.1) is 19.8 Å². The van der Waals surface area contributed by atoms with Crippen molar-refractivity contribution in [2.75, 3.05) is 40.1 Å². The Morgan fingerprint density at radius 1 is 1.16 bits per heavy atom. The number of methoxy groups -OCH3 is 1. The van der Waals surface area contributed by atoms with Crippen LogP contribution in [-0.4, -0.2) is 51.3 Å². The molecular formula is C14H23NO4. The van der Waals surface area contributed by atoms with Crippen LogP contribution in [0.3, 0.4) is 0 Å². The highest BCUT2D eigenvalue weighted by atomic mass is 16.5. The first-order chi connectivity index (χ1) is 9.26. The first kappa shape index (κ1) is 15.9. The highest BCUT2D eigenvalue weighted by molar-refractivity contribution is 5.27. The topological polar surface area (TPSA) is 73.9 Å². The van der Waals surface area contributed by atoms with Crippen molar-refractivity contribution in [3.63, 3.8) is 0 Å². The second kappa shape index (κ2) is 9.75. The summed E-state index contributed by atoms with van der Waals surface area (Å²) in [6.07, 6.45) is 0.219. The van der Waals surface area contributed by atoms with Crippen LogP contribution in [0.15, 0.2) is 24.3 Å². The molecule has 0 radical (unpaired) electrons. The van der Waals surface area contributed by atoms with E-state index in [0.29, 0.717) is 19.8 Å². The Kier molecular flexibility index (Phi) is 8.16. The zero-order chi connectivity index (χ0) is 13.9. The minimum absolute atomic E-state index is 0.212. The van der Waals surface area contributed by atoms with Gasteiger partial charge < -0.3 is 25.1 Å². The summed E-state index contributed by atoms with van der Waals surface area (Å²) in [6, 6.07) is 7.71. The summed E-state index contributed by atoms with van der Waals surface area (Å²) >= 11 is 0. The first-order valence-corrected chi connectivity index (χ1v) is 6.42. The van der Waals surface area contributed by atoms with E-state index in [9.17, 15) is 5.11 Å². The Bertz CT molecular complexity index is 329. The van der Waals surface area contributed by atoms with Crippen molar-refractivity contribution in [1.82, 2.24) is 0 Å². The second-order valence-corrected chi connectivity index (χ2v) is 4.22. The second-order valence-electron chi connectivity index (χ2n) is 4.22. The largest absolute Gasteiger partial charge is 0.491 e. The molecule has 19 heavy (non-hydrogen) atoms. The maximum absolute atomic E-state index is 9.64. The Labute approximate surface area is 114 Å². The molecule has 0 fully saturated rings. The lowest BCUT2D eigenvalue weighted by Crippen LogP contribution is -2.24. The molecule has 1 unspecified atom stereocenters. The van der Waals surface area contributed by atoms with Crippen LogP contribution in [-0.2, 0) is 15.9 Å². The van der Waals surface area contributed by atoms with Gasteiger partial charge in [-0.2, -0.15) is 0 Å². The number of aliphatic hydroxyl groups is 1. The van der Waals surface area contributed by atoms with Gasteiger partial charge in [-0.3, -0.25) is 0 Å². The summed E-state index contributed by atoms with van der Waals surface area (Å²) in [7, 11) is 1.61. The molecule has 1 atom stereocenters. The maximum atomic E-state index is 9.64. The lowest BCUT2D eigenvalue weighted by atomic mass is 10.1. The predicted octanol–water partition coefficient (Wildman–Crippen LogP) is 0.591. The Hall–Kier alpha value is -1.14. The van der Waals surface area contributed by atoms with E-state index in [0.717, 1.165) is 12.2 Å². The van der Waals surface area contributed by atoms with Crippen LogP contribution in [0.25, 0.3) is 0 Å². The Morgan fingerprint density at radius 2 is 1.89 bits per heavy atom. The molecular weight excluding hydrogens is 246 g/mol. The van der Waals surface area contributed by atoms with Gasteiger partial charge in [-0.1, -0.05) is 12.1 Å². The number of rotatable bonds is 10. The summed E-state index contributed by atoms with van der Waals surface area (Å²) in [4.78, 5) is 0. The van der Waals surface area contributed by atoms with E-state index in [1.165, 1.54) is 5.56 Å². The van der Waals surface area contributed by atoms with Crippen molar-refractivity contribution in [3.05, 3.63) is 29.8 Å². The van der Waals surface area contributed by atoms with Crippen molar-refractivity contribution in [2.45, 2.75) is 12.5 Å². The number of ether oxygens (including phenoxy) is 3. The average Bonchev–Trinajstić information content (AvgIpc) is 2.43. The highest BCUT2D eigenvalue weighted by Gasteiger charge is 2.05. The molecule has 0 aromatic heterocycles. The molecule has 0 aliphatic heterocycles. The molecule has 5 heteroatoms. The van der Waals surface area contributed by atoms with Crippen LogP contribution >= 0.6 is 0 Å². The zero-order valence-corrected chi connectivity index (χ0v) is 11.4. The molecule has 0 saturated carbocycles. The van der Waals surface area contributed by atoms with Gasteiger partial charge in [0.2, 0.25) is 0 Å². The number of benzene rings is 1. The minimum Gasteiger partial charge on any atom is -0.491 e. The van der Waals surface area contributed by atoms with Gasteiger partial charge in [0.1, 0.15) is 18.5 Å². The molecule has 1 aromatic rings. The van der Waals surface area contributed by atoms with E-state index in [4.69, 9.17) is 19.9 Å². The van der Waals surface area contributed by atoms with E-state index in [2.05, 4.69) is 0 Å². The SMILES string of the molecule is COCCOCC(O)COc1ccc(CCN)cc1. The smallest absolute Gasteiger partial charge is 0.119 e. The third-order valence-electron chi connectivity index (χ3n) is 2.54. The van der Waals surface area contributed by atoms with E-state index in [1.54, 1.807) is 7.11 Å². The van der Waals surface area contributed by atoms with Crippen molar-refractivity contribution >= 4 is 0 Å². The molecule has 3 N–H and O–H groups in total. The van der Waals surface area contributed by atoms with Crippen LogP contribution in [0.2, 0.25) is 0 Å². The quantitative estimate of drug-likeness (QED) is 0.608. The Balaban J connectivity index is 2.20. The molecule has 5 nitrogen and oxygen atoms in total. The normalized spacial score (nSPS) is 12.4. The van der Waals surface area contributed by atoms with Gasteiger partial charge in [-0.15, -0.1) is 0 Å². The van der Waals surface area contributed by atoms with Crippen LogP contribution in [0.1, 0.15) is 5.56 Å². The van der Waals surface area contributed by atoms with E-state index in [1.807, 2.05) is 24.3 Å². The van der Waals surface area contributed by atoms with Crippen molar-refractivity contribution in [1.29, 1.82) is 0 Å².